The van der Waals surface area contributed by atoms with Crippen molar-refractivity contribution in [2.45, 2.75) is 38.8 Å². The van der Waals surface area contributed by atoms with Gasteiger partial charge in [-0.3, -0.25) is 14.5 Å². The Labute approximate surface area is 179 Å². The molecule has 1 aromatic heterocycles. The Kier molecular flexibility index (Phi) is 6.84. The third-order valence-electron chi connectivity index (χ3n) is 4.77. The second-order valence-electron chi connectivity index (χ2n) is 7.32. The number of rotatable bonds is 2. The van der Waals surface area contributed by atoms with Crippen molar-refractivity contribution in [2.24, 2.45) is 0 Å². The Morgan fingerprint density at radius 1 is 1.03 bits per heavy atom. The minimum atomic E-state index is -1.03. The lowest BCUT2D eigenvalue weighted by molar-refractivity contribution is -0.116. The molecular weight excluding hydrogens is 400 g/mol. The van der Waals surface area contributed by atoms with E-state index in [1.165, 1.54) is 11.0 Å². The molecule has 0 bridgehead atoms. The van der Waals surface area contributed by atoms with Crippen LogP contribution in [0.2, 0.25) is 0 Å². The molecule has 4 rings (SSSR count). The van der Waals surface area contributed by atoms with E-state index in [1.54, 1.807) is 36.5 Å². The van der Waals surface area contributed by atoms with E-state index in [0.717, 1.165) is 16.1 Å². The molecule has 2 atom stereocenters. The van der Waals surface area contributed by atoms with Crippen LogP contribution >= 0.6 is 11.3 Å². The minimum Gasteiger partial charge on any atom is -0.465 e. The number of nitrogens with one attached hydrogen (secondary N) is 1. The summed E-state index contributed by atoms with van der Waals surface area (Å²) in [5.41, 5.74) is 2.18. The number of carboxylic acid groups (broad SMARTS) is 1. The van der Waals surface area contributed by atoms with Gasteiger partial charge in [-0.25, -0.2) is 4.79 Å². The minimum absolute atomic E-state index is 0.0335. The highest BCUT2D eigenvalue weighted by Crippen LogP contribution is 2.27. The third kappa shape index (κ3) is 5.24. The van der Waals surface area contributed by atoms with E-state index in [2.05, 4.69) is 5.32 Å². The van der Waals surface area contributed by atoms with Crippen LogP contribution in [-0.4, -0.2) is 39.7 Å². The van der Waals surface area contributed by atoms with Gasteiger partial charge in [0.05, 0.1) is 16.3 Å². The van der Waals surface area contributed by atoms with Gasteiger partial charge in [-0.05, 0) is 30.9 Å². The highest BCUT2D eigenvalue weighted by atomic mass is 32.1. The average molecular weight is 425 g/mol. The van der Waals surface area contributed by atoms with Crippen molar-refractivity contribution in [1.29, 1.82) is 0 Å². The molecule has 3 heterocycles. The molecule has 0 saturated carbocycles. The van der Waals surface area contributed by atoms with Gasteiger partial charge in [-0.15, -0.1) is 11.3 Å². The van der Waals surface area contributed by atoms with E-state index in [0.29, 0.717) is 12.1 Å². The summed E-state index contributed by atoms with van der Waals surface area (Å²) in [6, 6.07) is 13.0. The van der Waals surface area contributed by atoms with Gasteiger partial charge < -0.3 is 10.4 Å². The Bertz CT molecular complexity index is 980. The van der Waals surface area contributed by atoms with Crippen LogP contribution in [0, 0.1) is 0 Å². The molecule has 1 amide bonds. The first-order valence-electron chi connectivity index (χ1n) is 9.72. The lowest BCUT2D eigenvalue weighted by atomic mass is 10.00. The summed E-state index contributed by atoms with van der Waals surface area (Å²) in [4.78, 5) is 36.4. The molecule has 7 heteroatoms. The first-order chi connectivity index (χ1) is 14.3. The molecule has 2 aliphatic heterocycles. The van der Waals surface area contributed by atoms with E-state index in [4.69, 9.17) is 0 Å². The molecule has 0 radical (unpaired) electrons. The first kappa shape index (κ1) is 21.5. The van der Waals surface area contributed by atoms with Gasteiger partial charge in [0.15, 0.2) is 11.6 Å². The fourth-order valence-corrected chi connectivity index (χ4v) is 4.18. The highest BCUT2D eigenvalue weighted by Gasteiger charge is 2.30. The number of hydrogen-bond acceptors (Lipinski definition) is 5. The maximum Gasteiger partial charge on any atom is 0.412 e. The van der Waals surface area contributed by atoms with Crippen molar-refractivity contribution in [1.82, 2.24) is 10.2 Å². The standard InChI is InChI=1S/C13H13NO3.C10H11NOS/c1-9-7-11(15)8-12(14(9)13(16)17)10-5-3-2-4-6-10;1-7-5-8(12)6-9(11-7)10-3-2-4-13-10/h2-6,8-9H,7H2,1H3,(H,16,17);2-4,6-7,11H,5H2,1H3. The van der Waals surface area contributed by atoms with Crippen molar-refractivity contribution < 1.29 is 19.5 Å². The van der Waals surface area contributed by atoms with Gasteiger partial charge in [0.2, 0.25) is 0 Å². The average Bonchev–Trinajstić information content (AvgIpc) is 3.22. The molecule has 2 aromatic rings. The molecule has 1 aromatic carbocycles. The van der Waals surface area contributed by atoms with Crippen LogP contribution in [0.3, 0.4) is 0 Å². The van der Waals surface area contributed by atoms with Crippen molar-refractivity contribution in [2.75, 3.05) is 0 Å². The Morgan fingerprint density at radius 3 is 2.33 bits per heavy atom. The molecule has 0 spiro atoms. The number of carbonyl (C=O) groups excluding carboxylic acids is 2. The summed E-state index contributed by atoms with van der Waals surface area (Å²) in [5, 5.41) is 14.5. The van der Waals surface area contributed by atoms with Gasteiger partial charge in [-0.2, -0.15) is 0 Å². The molecule has 2 N–H and O–H groups in total. The quantitative estimate of drug-likeness (QED) is 0.746. The van der Waals surface area contributed by atoms with Gasteiger partial charge in [0.25, 0.3) is 0 Å². The molecule has 30 heavy (non-hydrogen) atoms. The summed E-state index contributed by atoms with van der Waals surface area (Å²) in [7, 11) is 0. The third-order valence-corrected chi connectivity index (χ3v) is 5.67. The van der Waals surface area contributed by atoms with Crippen LogP contribution in [-0.2, 0) is 9.59 Å². The lowest BCUT2D eigenvalue weighted by Gasteiger charge is -2.31. The van der Waals surface area contributed by atoms with Crippen molar-refractivity contribution >= 4 is 40.4 Å². The summed E-state index contributed by atoms with van der Waals surface area (Å²) in [6.45, 7) is 3.76. The van der Waals surface area contributed by atoms with Gasteiger partial charge in [-0.1, -0.05) is 36.4 Å². The zero-order valence-corrected chi connectivity index (χ0v) is 17.7. The van der Waals surface area contributed by atoms with Crippen molar-refractivity contribution in [3.8, 4) is 0 Å². The van der Waals surface area contributed by atoms with Crippen molar-refractivity contribution in [3.63, 3.8) is 0 Å². The van der Waals surface area contributed by atoms with E-state index < -0.39 is 6.09 Å². The van der Waals surface area contributed by atoms with E-state index in [1.807, 2.05) is 42.6 Å². The predicted octanol–water partition coefficient (Wildman–Crippen LogP) is 4.41. The predicted molar refractivity (Wildman–Crippen MR) is 118 cm³/mol. The zero-order chi connectivity index (χ0) is 21.7. The first-order valence-corrected chi connectivity index (χ1v) is 10.6. The summed E-state index contributed by atoms with van der Waals surface area (Å²) < 4.78 is 0. The second-order valence-corrected chi connectivity index (χ2v) is 8.27. The lowest BCUT2D eigenvalue weighted by Crippen LogP contribution is -2.40. The molecule has 0 fully saturated rings. The molecule has 2 aliphatic rings. The largest absolute Gasteiger partial charge is 0.465 e. The van der Waals surface area contributed by atoms with Crippen LogP contribution in [0.4, 0.5) is 4.79 Å². The van der Waals surface area contributed by atoms with Crippen LogP contribution in [0.5, 0.6) is 0 Å². The molecule has 156 valence electrons. The number of ketones is 2. The number of carbonyl (C=O) groups is 3. The van der Waals surface area contributed by atoms with Crippen LogP contribution in [0.15, 0.2) is 60.0 Å². The number of allylic oxidation sites excluding steroid dienone is 2. The van der Waals surface area contributed by atoms with Gasteiger partial charge in [0.1, 0.15) is 0 Å². The Balaban J connectivity index is 0.000000177. The summed E-state index contributed by atoms with van der Waals surface area (Å²) in [5.74, 6) is 0.184. The molecule has 6 nitrogen and oxygen atoms in total. The Hall–Kier alpha value is -3.19. The SMILES string of the molecule is CC1CC(=O)C=C(c2ccccc2)N1C(=O)O.CC1CC(=O)C=C(c2cccs2)N1. The summed E-state index contributed by atoms with van der Waals surface area (Å²) >= 11 is 1.65. The van der Waals surface area contributed by atoms with Crippen LogP contribution < -0.4 is 5.32 Å². The zero-order valence-electron chi connectivity index (χ0n) is 16.9. The van der Waals surface area contributed by atoms with E-state index in [-0.39, 0.29) is 30.1 Å². The monoisotopic (exact) mass is 424 g/mol. The highest BCUT2D eigenvalue weighted by molar-refractivity contribution is 7.11. The number of benzene rings is 1. The number of hydrogen-bond donors (Lipinski definition) is 2. The number of nitrogens with zero attached hydrogens (tertiary/aromatic N) is 1. The fraction of sp³-hybridized carbons (Fsp3) is 0.261. The summed E-state index contributed by atoms with van der Waals surface area (Å²) in [6.07, 6.45) is 2.92. The van der Waals surface area contributed by atoms with Gasteiger partial charge in [0, 0.05) is 37.1 Å². The Morgan fingerprint density at radius 2 is 1.73 bits per heavy atom. The van der Waals surface area contributed by atoms with Crippen LogP contribution in [0.25, 0.3) is 11.4 Å². The van der Waals surface area contributed by atoms with Crippen molar-refractivity contribution in [3.05, 3.63) is 70.4 Å². The number of amides is 1. The topological polar surface area (TPSA) is 86.7 Å². The molecule has 0 saturated heterocycles. The maximum absolute atomic E-state index is 11.5. The molecular formula is C23H24N2O4S. The normalized spacial score (nSPS) is 21.1. The fourth-order valence-electron chi connectivity index (χ4n) is 3.48. The molecule has 0 aliphatic carbocycles. The number of thiophene rings is 1. The maximum atomic E-state index is 11.5. The molecule has 2 unspecified atom stereocenters. The van der Waals surface area contributed by atoms with Crippen LogP contribution in [0.1, 0.15) is 37.1 Å². The van der Waals surface area contributed by atoms with E-state index in [9.17, 15) is 19.5 Å². The van der Waals surface area contributed by atoms with E-state index >= 15 is 0 Å². The second kappa shape index (κ2) is 9.54. The van der Waals surface area contributed by atoms with Gasteiger partial charge >= 0.3 is 6.09 Å². The smallest absolute Gasteiger partial charge is 0.412 e.